The predicted molar refractivity (Wildman–Crippen MR) is 364 cm³/mol. The van der Waals surface area contributed by atoms with Gasteiger partial charge in [0.2, 0.25) is 5.91 Å². The number of carbonyl (C=O) groups is 1. The molecule has 14 heteroatoms. The molecule has 2 aliphatic rings. The Kier molecular flexibility index (Phi) is 55.7. The molecule has 0 spiro atoms. The lowest BCUT2D eigenvalue weighted by atomic mass is 9.97. The molecule has 2 heterocycles. The van der Waals surface area contributed by atoms with Gasteiger partial charge >= 0.3 is 0 Å². The average Bonchev–Trinajstić information content (AvgIpc) is 3.63. The summed E-state index contributed by atoms with van der Waals surface area (Å²) in [6.07, 6.45) is 61.7. The van der Waals surface area contributed by atoms with Gasteiger partial charge < -0.3 is 65.1 Å². The summed E-state index contributed by atoms with van der Waals surface area (Å²) >= 11 is 0. The standard InChI is InChI=1S/C75H139NO13/c1-3-5-7-9-11-13-15-17-19-21-23-25-27-28-29-30-31-32-33-34-35-37-38-40-42-44-46-48-50-52-54-56-58-64(79)63(62-86-74-72(85)70(83)73(66(61-78)88-74)89-75-71(84)69(82)68(81)65(60-77)87-75)76-67(80)59-57-55-53-51-49-47-45-43-41-39-36-26-24-22-20-18-16-14-12-10-8-6-4-2/h16,18,22,24,36,39,56,58,63-66,68-75,77-79,81-85H,3-15,17,19-21,23,25-35,37-38,40-55,57,59-62H2,1-2H3,(H,76,80)/b18-16-,24-22-,39-36-,58-56+. The van der Waals surface area contributed by atoms with Gasteiger partial charge in [0.1, 0.15) is 48.8 Å². The Morgan fingerprint density at radius 1 is 0.404 bits per heavy atom. The molecule has 0 saturated carbocycles. The Morgan fingerprint density at radius 3 is 1.13 bits per heavy atom. The molecule has 2 rings (SSSR count). The second kappa shape index (κ2) is 59.7. The molecule has 2 fully saturated rings. The van der Waals surface area contributed by atoms with E-state index >= 15 is 0 Å². The van der Waals surface area contributed by atoms with Crippen molar-refractivity contribution >= 4 is 5.91 Å². The predicted octanol–water partition coefficient (Wildman–Crippen LogP) is 15.9. The van der Waals surface area contributed by atoms with Crippen molar-refractivity contribution in [1.29, 1.82) is 0 Å². The summed E-state index contributed by atoms with van der Waals surface area (Å²) < 4.78 is 22.9. The van der Waals surface area contributed by atoms with Crippen molar-refractivity contribution in [1.82, 2.24) is 5.32 Å². The topological polar surface area (TPSA) is 228 Å². The SMILES string of the molecule is CCCCCCC/C=C\C/C=C\C/C=C\CCCCCCCCCCC(=O)NC(COC1OC(CO)C(OC2OC(CO)C(O)C(O)C2O)C(O)C1O)C(O)/C=C/CCCCCCCCCCCCCCCCCCCCCCCCCCCCCCCC. The fourth-order valence-electron chi connectivity index (χ4n) is 12.3. The first-order valence-electron chi connectivity index (χ1n) is 37.4. The molecule has 12 unspecified atom stereocenters. The largest absolute Gasteiger partial charge is 0.394 e. The number of hydrogen-bond acceptors (Lipinski definition) is 13. The van der Waals surface area contributed by atoms with E-state index in [0.29, 0.717) is 6.42 Å². The first kappa shape index (κ1) is 83.0. The molecular formula is C75H139NO13. The first-order valence-corrected chi connectivity index (χ1v) is 37.4. The Bertz CT molecular complexity index is 1680. The lowest BCUT2D eigenvalue weighted by Gasteiger charge is -2.46. The molecular weight excluding hydrogens is 1120 g/mol. The Balaban J connectivity index is 1.65. The lowest BCUT2D eigenvalue weighted by Crippen LogP contribution is -2.65. The number of aliphatic hydroxyl groups is 8. The summed E-state index contributed by atoms with van der Waals surface area (Å²) in [5, 5.41) is 87.5. The van der Waals surface area contributed by atoms with Crippen molar-refractivity contribution in [2.45, 2.75) is 402 Å². The molecule has 14 nitrogen and oxygen atoms in total. The number of aliphatic hydroxyl groups excluding tert-OH is 8. The first-order chi connectivity index (χ1) is 43.6. The number of hydrogen-bond donors (Lipinski definition) is 9. The van der Waals surface area contributed by atoms with Crippen LogP contribution in [0.5, 0.6) is 0 Å². The Labute approximate surface area is 543 Å². The second-order valence-corrected chi connectivity index (χ2v) is 26.4. The van der Waals surface area contributed by atoms with Crippen molar-refractivity contribution in [3.63, 3.8) is 0 Å². The summed E-state index contributed by atoms with van der Waals surface area (Å²) in [4.78, 5) is 13.3. The molecule has 0 aromatic rings. The van der Waals surface area contributed by atoms with E-state index in [4.69, 9.17) is 18.9 Å². The molecule has 0 aliphatic carbocycles. The highest BCUT2D eigenvalue weighted by Gasteiger charge is 2.51. The molecule has 0 bridgehead atoms. The highest BCUT2D eigenvalue weighted by molar-refractivity contribution is 5.76. The zero-order valence-electron chi connectivity index (χ0n) is 56.9. The number of carbonyl (C=O) groups excluding carboxylic acids is 1. The third-order valence-corrected chi connectivity index (χ3v) is 18.3. The maximum absolute atomic E-state index is 13.3. The summed E-state index contributed by atoms with van der Waals surface area (Å²) in [5.41, 5.74) is 0. The fraction of sp³-hybridized carbons (Fsp3) is 0.880. The minimum absolute atomic E-state index is 0.243. The van der Waals surface area contributed by atoms with E-state index in [2.05, 4.69) is 55.6 Å². The zero-order valence-corrected chi connectivity index (χ0v) is 56.9. The molecule has 89 heavy (non-hydrogen) atoms. The van der Waals surface area contributed by atoms with Crippen molar-refractivity contribution in [2.75, 3.05) is 19.8 Å². The van der Waals surface area contributed by atoms with Crippen LogP contribution in [0.4, 0.5) is 0 Å². The number of unbranched alkanes of at least 4 members (excludes halogenated alkanes) is 43. The van der Waals surface area contributed by atoms with Gasteiger partial charge in [-0.25, -0.2) is 0 Å². The van der Waals surface area contributed by atoms with Gasteiger partial charge in [-0.3, -0.25) is 4.79 Å². The molecule has 1 amide bonds. The number of ether oxygens (including phenoxy) is 4. The smallest absolute Gasteiger partial charge is 0.220 e. The van der Waals surface area contributed by atoms with E-state index in [1.165, 1.54) is 244 Å². The monoisotopic (exact) mass is 1260 g/mol. The van der Waals surface area contributed by atoms with Crippen LogP contribution < -0.4 is 5.32 Å². The van der Waals surface area contributed by atoms with Gasteiger partial charge in [-0.1, -0.05) is 313 Å². The summed E-state index contributed by atoms with van der Waals surface area (Å²) in [5.74, 6) is -0.243. The van der Waals surface area contributed by atoms with E-state index in [0.717, 1.165) is 57.8 Å². The highest BCUT2D eigenvalue weighted by atomic mass is 16.7. The van der Waals surface area contributed by atoms with Crippen LogP contribution in [-0.2, 0) is 23.7 Å². The van der Waals surface area contributed by atoms with Gasteiger partial charge in [-0.15, -0.1) is 0 Å². The van der Waals surface area contributed by atoms with Crippen molar-refractivity contribution in [3.05, 3.63) is 48.6 Å². The molecule has 0 aromatic carbocycles. The Hall–Kier alpha value is -2.05. The van der Waals surface area contributed by atoms with Gasteiger partial charge in [-0.05, 0) is 57.8 Å². The third kappa shape index (κ3) is 43.5. The van der Waals surface area contributed by atoms with Gasteiger partial charge in [-0.2, -0.15) is 0 Å². The van der Waals surface area contributed by atoms with Gasteiger partial charge in [0.25, 0.3) is 0 Å². The number of rotatable bonds is 62. The van der Waals surface area contributed by atoms with Crippen LogP contribution in [0.15, 0.2) is 48.6 Å². The third-order valence-electron chi connectivity index (χ3n) is 18.3. The molecule has 2 saturated heterocycles. The van der Waals surface area contributed by atoms with E-state index in [1.807, 2.05) is 6.08 Å². The molecule has 0 radical (unpaired) electrons. The van der Waals surface area contributed by atoms with Crippen LogP contribution >= 0.6 is 0 Å². The zero-order chi connectivity index (χ0) is 64.5. The molecule has 0 aromatic heterocycles. The van der Waals surface area contributed by atoms with Crippen LogP contribution in [0.25, 0.3) is 0 Å². The molecule has 12 atom stereocenters. The van der Waals surface area contributed by atoms with Crippen LogP contribution in [0.2, 0.25) is 0 Å². The van der Waals surface area contributed by atoms with Crippen molar-refractivity contribution in [2.24, 2.45) is 0 Å². The average molecular weight is 1260 g/mol. The second-order valence-electron chi connectivity index (χ2n) is 26.4. The van der Waals surface area contributed by atoms with Gasteiger partial charge in [0.05, 0.1) is 32.0 Å². The Morgan fingerprint density at radius 2 is 0.742 bits per heavy atom. The normalized spacial score (nSPS) is 23.3. The minimum Gasteiger partial charge on any atom is -0.394 e. The summed E-state index contributed by atoms with van der Waals surface area (Å²) in [6.45, 7) is 2.83. The maximum Gasteiger partial charge on any atom is 0.220 e. The van der Waals surface area contributed by atoms with Crippen molar-refractivity contribution in [3.8, 4) is 0 Å². The number of nitrogens with one attached hydrogen (secondary N) is 1. The van der Waals surface area contributed by atoms with E-state index in [-0.39, 0.29) is 18.9 Å². The highest BCUT2D eigenvalue weighted by Crippen LogP contribution is 2.30. The van der Waals surface area contributed by atoms with E-state index < -0.39 is 86.8 Å². The lowest BCUT2D eigenvalue weighted by molar-refractivity contribution is -0.359. The van der Waals surface area contributed by atoms with Gasteiger partial charge in [0.15, 0.2) is 12.6 Å². The summed E-state index contributed by atoms with van der Waals surface area (Å²) in [6, 6.07) is -0.922. The maximum atomic E-state index is 13.3. The minimum atomic E-state index is -1.79. The summed E-state index contributed by atoms with van der Waals surface area (Å²) in [7, 11) is 0. The molecule has 9 N–H and O–H groups in total. The number of amides is 1. The number of allylic oxidation sites excluding steroid dienone is 7. The van der Waals surface area contributed by atoms with Crippen LogP contribution in [0.3, 0.4) is 0 Å². The van der Waals surface area contributed by atoms with Crippen LogP contribution in [0, 0.1) is 0 Å². The van der Waals surface area contributed by atoms with E-state index in [9.17, 15) is 45.6 Å². The van der Waals surface area contributed by atoms with Crippen LogP contribution in [0.1, 0.15) is 328 Å². The van der Waals surface area contributed by atoms with E-state index in [1.54, 1.807) is 6.08 Å². The quantitative estimate of drug-likeness (QED) is 0.0204. The van der Waals surface area contributed by atoms with Crippen LogP contribution in [-0.4, -0.2) is 140 Å². The van der Waals surface area contributed by atoms with Crippen molar-refractivity contribution < 1.29 is 64.6 Å². The molecule has 522 valence electrons. The molecule has 2 aliphatic heterocycles. The van der Waals surface area contributed by atoms with Gasteiger partial charge in [0, 0.05) is 6.42 Å². The fourth-order valence-corrected chi connectivity index (χ4v) is 12.3.